The molecule has 0 aromatic heterocycles. The molecule has 2 saturated heterocycles. The Hall–Kier alpha value is -3.32. The third-order valence-corrected chi connectivity index (χ3v) is 9.71. The maximum absolute atomic E-state index is 13.5. The van der Waals surface area contributed by atoms with Crippen molar-refractivity contribution in [3.05, 3.63) is 34.9 Å². The molecule has 6 N–H and O–H groups in total. The molecule has 3 rings (SSSR count). The molecule has 1 aromatic carbocycles. The summed E-state index contributed by atoms with van der Waals surface area (Å²) in [7, 11) is 0. The second-order valence-corrected chi connectivity index (χ2v) is 13.8. The van der Waals surface area contributed by atoms with Crippen LogP contribution in [0, 0.1) is 6.92 Å². The van der Waals surface area contributed by atoms with E-state index in [0.29, 0.717) is 90.0 Å². The van der Waals surface area contributed by atoms with Gasteiger partial charge < -0.3 is 31.1 Å². The maximum atomic E-state index is 13.5. The fraction of sp³-hybridized carbons (Fsp3) is 0.656. The lowest BCUT2D eigenvalue weighted by molar-refractivity contribution is -0.141. The fourth-order valence-electron chi connectivity index (χ4n) is 5.99. The van der Waals surface area contributed by atoms with E-state index in [1.54, 1.807) is 14.7 Å². The molecule has 0 saturated carbocycles. The molecular weight excluding hydrogens is 658 g/mol. The molecule has 0 radical (unpaired) electrons. The average molecular weight is 710 g/mol. The van der Waals surface area contributed by atoms with Crippen LogP contribution in [0.4, 0.5) is 0 Å². The molecule has 0 bridgehead atoms. The lowest BCUT2D eigenvalue weighted by Gasteiger charge is -2.37. The summed E-state index contributed by atoms with van der Waals surface area (Å²) in [5.41, 5.74) is 9.01. The minimum Gasteiger partial charge on any atom is -0.480 e. The number of amides is 1. The summed E-state index contributed by atoms with van der Waals surface area (Å²) in [6.45, 7) is 7.52. The van der Waals surface area contributed by atoms with Gasteiger partial charge in [-0.05, 0) is 18.1 Å². The lowest BCUT2D eigenvalue weighted by atomic mass is 10.1. The fourth-order valence-corrected chi connectivity index (χ4v) is 6.90. The molecule has 49 heavy (non-hydrogen) atoms. The van der Waals surface area contributed by atoms with Crippen LogP contribution in [0.5, 0.6) is 0 Å². The average Bonchev–Trinajstić information content (AvgIpc) is 3.01. The van der Waals surface area contributed by atoms with E-state index in [1.807, 2.05) is 16.7 Å². The SMILES string of the molecule is Cc1cc(CSC[C@H](N)C(=O)O)cc(CN2CCN(C(=O)CN3CCN(CC(=O)O)CCN(CC(=O)O)CCN(CC(=O)O)CC3)CC2)c1. The number of carboxylic acids is 4. The summed E-state index contributed by atoms with van der Waals surface area (Å²) >= 11 is 1.49. The third-order valence-electron chi connectivity index (χ3n) is 8.58. The number of carbonyl (C=O) groups excluding carboxylic acids is 1. The first-order chi connectivity index (χ1) is 23.3. The second kappa shape index (κ2) is 20.4. The zero-order valence-corrected chi connectivity index (χ0v) is 29.1. The lowest BCUT2D eigenvalue weighted by Crippen LogP contribution is -2.53. The molecular formula is C32H51N7O9S. The molecule has 2 fully saturated rings. The van der Waals surface area contributed by atoms with Gasteiger partial charge in [0.2, 0.25) is 5.91 Å². The van der Waals surface area contributed by atoms with Crippen molar-refractivity contribution < 1.29 is 44.4 Å². The highest BCUT2D eigenvalue weighted by Crippen LogP contribution is 2.19. The molecule has 16 nitrogen and oxygen atoms in total. The first-order valence-electron chi connectivity index (χ1n) is 16.5. The Bertz CT molecular complexity index is 1250. The number of aryl methyl sites for hydroxylation is 1. The molecule has 1 atom stereocenters. The topological polar surface area (TPSA) is 212 Å². The van der Waals surface area contributed by atoms with E-state index in [2.05, 4.69) is 23.1 Å². The second-order valence-electron chi connectivity index (χ2n) is 12.7. The van der Waals surface area contributed by atoms with Crippen LogP contribution in [0.3, 0.4) is 0 Å². The quantitative estimate of drug-likeness (QED) is 0.144. The van der Waals surface area contributed by atoms with Crippen LogP contribution in [-0.2, 0) is 36.3 Å². The molecule has 0 unspecified atom stereocenters. The van der Waals surface area contributed by atoms with Crippen LogP contribution in [-0.4, -0.2) is 196 Å². The minimum absolute atomic E-state index is 0.0385. The van der Waals surface area contributed by atoms with Gasteiger partial charge in [0.1, 0.15) is 6.04 Å². The van der Waals surface area contributed by atoms with Gasteiger partial charge in [-0.3, -0.25) is 48.5 Å². The number of benzene rings is 1. The number of nitrogens with zero attached hydrogens (tertiary/aromatic N) is 6. The first kappa shape index (κ1) is 40.1. The zero-order chi connectivity index (χ0) is 35.9. The van der Waals surface area contributed by atoms with E-state index in [9.17, 15) is 39.3 Å². The van der Waals surface area contributed by atoms with Gasteiger partial charge in [0, 0.05) is 96.6 Å². The van der Waals surface area contributed by atoms with Crippen molar-refractivity contribution in [2.24, 2.45) is 5.73 Å². The van der Waals surface area contributed by atoms with Gasteiger partial charge in [-0.25, -0.2) is 0 Å². The Morgan fingerprint density at radius 2 is 1.04 bits per heavy atom. The van der Waals surface area contributed by atoms with Gasteiger partial charge in [-0.2, -0.15) is 11.8 Å². The molecule has 2 heterocycles. The van der Waals surface area contributed by atoms with Crippen molar-refractivity contribution in [3.63, 3.8) is 0 Å². The first-order valence-corrected chi connectivity index (χ1v) is 17.6. The summed E-state index contributed by atoms with van der Waals surface area (Å²) in [6.07, 6.45) is 0. The summed E-state index contributed by atoms with van der Waals surface area (Å²) in [5, 5.41) is 37.3. The summed E-state index contributed by atoms with van der Waals surface area (Å²) in [5.74, 6) is -3.05. The van der Waals surface area contributed by atoms with Crippen LogP contribution in [0.25, 0.3) is 0 Å². The standard InChI is InChI=1S/C32H51N7O9S/c1-24-14-25(16-26(15-24)22-49-23-27(33)32(47)48)17-34-10-12-39(13-11-34)28(40)18-35-2-4-36(19-29(41)42)6-8-38(21-31(45)46)9-7-37(5-3-35)20-30(43)44/h14-16,27H,2-13,17-23,33H2,1H3,(H,41,42)(H,43,44)(H,45,46)(H,47,48)/t27-/m0/s1. The smallest absolute Gasteiger partial charge is 0.321 e. The van der Waals surface area contributed by atoms with Crippen molar-refractivity contribution in [1.82, 2.24) is 29.4 Å². The Morgan fingerprint density at radius 1 is 0.633 bits per heavy atom. The van der Waals surface area contributed by atoms with Crippen molar-refractivity contribution in [2.75, 3.05) is 110 Å². The van der Waals surface area contributed by atoms with Gasteiger partial charge in [0.15, 0.2) is 0 Å². The number of hydrogen-bond acceptors (Lipinski definition) is 12. The van der Waals surface area contributed by atoms with Crippen LogP contribution in [0.2, 0.25) is 0 Å². The van der Waals surface area contributed by atoms with Crippen LogP contribution in [0.15, 0.2) is 18.2 Å². The van der Waals surface area contributed by atoms with Gasteiger partial charge in [-0.1, -0.05) is 23.8 Å². The Balaban J connectivity index is 1.57. The van der Waals surface area contributed by atoms with Gasteiger partial charge in [-0.15, -0.1) is 0 Å². The molecule has 274 valence electrons. The number of carbonyl (C=O) groups is 5. The zero-order valence-electron chi connectivity index (χ0n) is 28.2. The Labute approximate surface area is 291 Å². The number of carboxylic acid groups (broad SMARTS) is 4. The molecule has 17 heteroatoms. The van der Waals surface area contributed by atoms with Crippen LogP contribution < -0.4 is 5.73 Å². The number of aliphatic carboxylic acids is 4. The van der Waals surface area contributed by atoms with Crippen molar-refractivity contribution in [3.8, 4) is 0 Å². The van der Waals surface area contributed by atoms with Gasteiger partial charge >= 0.3 is 23.9 Å². The summed E-state index contributed by atoms with van der Waals surface area (Å²) in [4.78, 5) is 70.3. The predicted octanol–water partition coefficient (Wildman–Crippen LogP) is -1.24. The molecule has 1 aromatic rings. The number of piperazine rings is 1. The normalized spacial score (nSPS) is 19.1. The van der Waals surface area contributed by atoms with E-state index in [4.69, 9.17) is 10.8 Å². The summed E-state index contributed by atoms with van der Waals surface area (Å²) < 4.78 is 0. The highest BCUT2D eigenvalue weighted by molar-refractivity contribution is 7.98. The Morgan fingerprint density at radius 3 is 1.47 bits per heavy atom. The van der Waals surface area contributed by atoms with Crippen LogP contribution >= 0.6 is 11.8 Å². The van der Waals surface area contributed by atoms with Crippen LogP contribution in [0.1, 0.15) is 16.7 Å². The Kier molecular flexibility index (Phi) is 16.7. The third kappa shape index (κ3) is 15.4. The van der Waals surface area contributed by atoms with Crippen molar-refractivity contribution in [1.29, 1.82) is 0 Å². The maximum Gasteiger partial charge on any atom is 0.321 e. The highest BCUT2D eigenvalue weighted by atomic mass is 32.2. The monoisotopic (exact) mass is 709 g/mol. The van der Waals surface area contributed by atoms with Gasteiger partial charge in [0.25, 0.3) is 0 Å². The molecule has 2 aliphatic rings. The summed E-state index contributed by atoms with van der Waals surface area (Å²) in [6, 6.07) is 5.46. The molecule has 0 spiro atoms. The van der Waals surface area contributed by atoms with Crippen molar-refractivity contribution >= 4 is 41.5 Å². The van der Waals surface area contributed by atoms with E-state index >= 15 is 0 Å². The minimum atomic E-state index is -1.01. The van der Waals surface area contributed by atoms with Gasteiger partial charge in [0.05, 0.1) is 26.2 Å². The molecule has 1 amide bonds. The largest absolute Gasteiger partial charge is 0.480 e. The van der Waals surface area contributed by atoms with E-state index in [1.165, 1.54) is 11.8 Å². The van der Waals surface area contributed by atoms with Crippen molar-refractivity contribution in [2.45, 2.75) is 25.3 Å². The number of rotatable bonds is 15. The van der Waals surface area contributed by atoms with E-state index in [-0.39, 0.29) is 32.1 Å². The number of hydrogen-bond donors (Lipinski definition) is 5. The number of nitrogens with two attached hydrogens (primary N) is 1. The highest BCUT2D eigenvalue weighted by Gasteiger charge is 2.25. The molecule has 2 aliphatic heterocycles. The number of thioether (sulfide) groups is 1. The predicted molar refractivity (Wildman–Crippen MR) is 183 cm³/mol. The van der Waals surface area contributed by atoms with E-state index in [0.717, 1.165) is 23.2 Å². The molecule has 0 aliphatic carbocycles. The van der Waals surface area contributed by atoms with E-state index < -0.39 is 29.9 Å².